The minimum Gasteiger partial charge on any atom is -0.465 e. The van der Waals surface area contributed by atoms with Crippen molar-refractivity contribution in [2.45, 2.75) is 6.92 Å². The highest BCUT2D eigenvalue weighted by molar-refractivity contribution is 5.95. The van der Waals surface area contributed by atoms with Crippen LogP contribution >= 0.6 is 0 Å². The van der Waals surface area contributed by atoms with Gasteiger partial charge in [0.25, 0.3) is 5.91 Å². The van der Waals surface area contributed by atoms with Crippen molar-refractivity contribution in [2.24, 2.45) is 0 Å². The Hall–Kier alpha value is -2.41. The zero-order valence-corrected chi connectivity index (χ0v) is 12.7. The van der Waals surface area contributed by atoms with Gasteiger partial charge in [-0.2, -0.15) is 0 Å². The van der Waals surface area contributed by atoms with Crippen LogP contribution in [0.2, 0.25) is 0 Å². The fourth-order valence-corrected chi connectivity index (χ4v) is 2.22. The Morgan fingerprint density at radius 3 is 2.05 bits per heavy atom. The van der Waals surface area contributed by atoms with Gasteiger partial charge in [0.1, 0.15) is 0 Å². The molecule has 1 aliphatic heterocycles. The van der Waals surface area contributed by atoms with Gasteiger partial charge in [-0.3, -0.25) is 15.0 Å². The lowest BCUT2D eigenvalue weighted by Crippen LogP contribution is -2.54. The summed E-state index contributed by atoms with van der Waals surface area (Å²) < 4.78 is 4.61. The van der Waals surface area contributed by atoms with E-state index >= 15 is 0 Å². The van der Waals surface area contributed by atoms with E-state index in [1.54, 1.807) is 34.2 Å². The molecule has 0 saturated carbocycles. The molecule has 1 fully saturated rings. The lowest BCUT2D eigenvalue weighted by molar-refractivity contribution is -0.130. The van der Waals surface area contributed by atoms with Crippen LogP contribution in [0.4, 0.5) is 0 Å². The highest BCUT2D eigenvalue weighted by Gasteiger charge is 2.20. The molecule has 1 aromatic rings. The maximum atomic E-state index is 12.1. The summed E-state index contributed by atoms with van der Waals surface area (Å²) in [6.45, 7) is 3.90. The zero-order valence-electron chi connectivity index (χ0n) is 12.7. The SMILES string of the molecule is COC(=O)c1ccc(C(=O)NN2CCN(C(C)=O)CC2)cc1. The minimum atomic E-state index is -0.438. The average molecular weight is 305 g/mol. The summed E-state index contributed by atoms with van der Waals surface area (Å²) in [5, 5.41) is 1.79. The van der Waals surface area contributed by atoms with Crippen molar-refractivity contribution in [1.29, 1.82) is 0 Å². The highest BCUT2D eigenvalue weighted by atomic mass is 16.5. The van der Waals surface area contributed by atoms with Crippen LogP contribution in [0, 0.1) is 0 Å². The lowest BCUT2D eigenvalue weighted by Gasteiger charge is -2.34. The normalized spacial score (nSPS) is 15.3. The number of esters is 1. The first kappa shape index (κ1) is 16.0. The summed E-state index contributed by atoms with van der Waals surface area (Å²) in [6, 6.07) is 6.25. The van der Waals surface area contributed by atoms with Crippen LogP contribution in [0.25, 0.3) is 0 Å². The number of methoxy groups -OCH3 is 1. The molecule has 0 radical (unpaired) electrons. The molecule has 1 heterocycles. The van der Waals surface area contributed by atoms with Gasteiger partial charge in [0.2, 0.25) is 5.91 Å². The maximum Gasteiger partial charge on any atom is 0.337 e. The molecule has 2 amide bonds. The van der Waals surface area contributed by atoms with E-state index in [2.05, 4.69) is 10.2 Å². The third kappa shape index (κ3) is 3.82. The van der Waals surface area contributed by atoms with E-state index in [4.69, 9.17) is 0 Å². The summed E-state index contributed by atoms with van der Waals surface area (Å²) in [5.74, 6) is -0.635. The average Bonchev–Trinajstić information content (AvgIpc) is 2.54. The second kappa shape index (κ2) is 7.04. The molecule has 0 spiro atoms. The Balaban J connectivity index is 1.90. The summed E-state index contributed by atoms with van der Waals surface area (Å²) in [7, 11) is 1.31. The van der Waals surface area contributed by atoms with Crippen molar-refractivity contribution < 1.29 is 19.1 Å². The van der Waals surface area contributed by atoms with Crippen molar-refractivity contribution in [3.8, 4) is 0 Å². The van der Waals surface area contributed by atoms with Crippen molar-refractivity contribution >= 4 is 17.8 Å². The predicted molar refractivity (Wildman–Crippen MR) is 79.1 cm³/mol. The monoisotopic (exact) mass is 305 g/mol. The van der Waals surface area contributed by atoms with E-state index in [1.165, 1.54) is 14.0 Å². The van der Waals surface area contributed by atoms with E-state index in [9.17, 15) is 14.4 Å². The quantitative estimate of drug-likeness (QED) is 0.812. The molecule has 0 unspecified atom stereocenters. The maximum absolute atomic E-state index is 12.1. The van der Waals surface area contributed by atoms with Gasteiger partial charge < -0.3 is 9.64 Å². The van der Waals surface area contributed by atoms with Crippen LogP contribution < -0.4 is 5.43 Å². The molecule has 118 valence electrons. The fraction of sp³-hybridized carbons (Fsp3) is 0.400. The molecular formula is C15H19N3O4. The van der Waals surface area contributed by atoms with Gasteiger partial charge in [-0.05, 0) is 24.3 Å². The molecule has 1 saturated heterocycles. The van der Waals surface area contributed by atoms with Gasteiger partial charge in [-0.15, -0.1) is 0 Å². The third-order valence-electron chi connectivity index (χ3n) is 3.55. The second-order valence-corrected chi connectivity index (χ2v) is 5.00. The standard InChI is InChI=1S/C15H19N3O4/c1-11(19)17-7-9-18(10-8-17)16-14(20)12-3-5-13(6-4-12)15(21)22-2/h3-6H,7-10H2,1-2H3,(H,16,20). The van der Waals surface area contributed by atoms with Crippen LogP contribution in [0.3, 0.4) is 0 Å². The Bertz CT molecular complexity index is 563. The molecule has 2 rings (SSSR count). The zero-order chi connectivity index (χ0) is 16.1. The van der Waals surface area contributed by atoms with E-state index in [1.807, 2.05) is 0 Å². The van der Waals surface area contributed by atoms with Crippen LogP contribution in [-0.4, -0.2) is 61.0 Å². The second-order valence-electron chi connectivity index (χ2n) is 5.00. The van der Waals surface area contributed by atoms with E-state index in [0.29, 0.717) is 37.3 Å². The van der Waals surface area contributed by atoms with Crippen LogP contribution in [0.5, 0.6) is 0 Å². The van der Waals surface area contributed by atoms with E-state index < -0.39 is 5.97 Å². The lowest BCUT2D eigenvalue weighted by atomic mass is 10.1. The number of piperazine rings is 1. The number of carbonyl (C=O) groups is 3. The number of hydrogen-bond donors (Lipinski definition) is 1. The Morgan fingerprint density at radius 1 is 1.00 bits per heavy atom. The number of carbonyl (C=O) groups excluding carboxylic acids is 3. The Labute approximate surface area is 128 Å². The van der Waals surface area contributed by atoms with Gasteiger partial charge in [0, 0.05) is 38.7 Å². The molecule has 1 aliphatic rings. The first-order chi connectivity index (χ1) is 10.5. The number of benzene rings is 1. The van der Waals surface area contributed by atoms with Crippen LogP contribution in [0.15, 0.2) is 24.3 Å². The summed E-state index contributed by atoms with van der Waals surface area (Å²) >= 11 is 0. The fourth-order valence-electron chi connectivity index (χ4n) is 2.22. The summed E-state index contributed by atoms with van der Waals surface area (Å²) in [4.78, 5) is 36.5. The predicted octanol–water partition coefficient (Wildman–Crippen LogP) is 0.282. The molecule has 0 aromatic heterocycles. The van der Waals surface area contributed by atoms with E-state index in [0.717, 1.165) is 0 Å². The first-order valence-electron chi connectivity index (χ1n) is 7.01. The van der Waals surface area contributed by atoms with Gasteiger partial charge in [0.05, 0.1) is 12.7 Å². The smallest absolute Gasteiger partial charge is 0.337 e. The molecule has 0 bridgehead atoms. The van der Waals surface area contributed by atoms with Gasteiger partial charge in [-0.25, -0.2) is 9.80 Å². The van der Waals surface area contributed by atoms with Crippen molar-refractivity contribution in [3.63, 3.8) is 0 Å². The molecule has 7 heteroatoms. The van der Waals surface area contributed by atoms with Crippen molar-refractivity contribution in [2.75, 3.05) is 33.3 Å². The topological polar surface area (TPSA) is 79.0 Å². The third-order valence-corrected chi connectivity index (χ3v) is 3.55. The molecule has 0 atom stereocenters. The minimum absolute atomic E-state index is 0.0457. The highest BCUT2D eigenvalue weighted by Crippen LogP contribution is 2.07. The Morgan fingerprint density at radius 2 is 1.55 bits per heavy atom. The molecule has 0 aliphatic carbocycles. The van der Waals surface area contributed by atoms with Crippen LogP contribution in [-0.2, 0) is 9.53 Å². The van der Waals surface area contributed by atoms with E-state index in [-0.39, 0.29) is 11.8 Å². The molecule has 7 nitrogen and oxygen atoms in total. The van der Waals surface area contributed by atoms with Gasteiger partial charge in [0.15, 0.2) is 0 Å². The first-order valence-corrected chi connectivity index (χ1v) is 7.01. The number of nitrogens with zero attached hydrogens (tertiary/aromatic N) is 2. The number of ether oxygens (including phenoxy) is 1. The van der Waals surface area contributed by atoms with Crippen molar-refractivity contribution in [3.05, 3.63) is 35.4 Å². The molecule has 1 N–H and O–H groups in total. The molecule has 22 heavy (non-hydrogen) atoms. The number of nitrogens with one attached hydrogen (secondary N) is 1. The van der Waals surface area contributed by atoms with Gasteiger partial charge >= 0.3 is 5.97 Å². The summed E-state index contributed by atoms with van der Waals surface area (Å²) in [5.41, 5.74) is 3.65. The Kier molecular flexibility index (Phi) is 5.11. The molecule has 1 aromatic carbocycles. The van der Waals surface area contributed by atoms with Crippen LogP contribution in [0.1, 0.15) is 27.6 Å². The van der Waals surface area contributed by atoms with Gasteiger partial charge in [-0.1, -0.05) is 0 Å². The number of amides is 2. The largest absolute Gasteiger partial charge is 0.465 e. The number of hydrogen-bond acceptors (Lipinski definition) is 5. The summed E-state index contributed by atoms with van der Waals surface area (Å²) in [6.07, 6.45) is 0. The molecular weight excluding hydrogens is 286 g/mol. The van der Waals surface area contributed by atoms with Crippen molar-refractivity contribution in [1.82, 2.24) is 15.3 Å². The number of hydrazine groups is 1. The number of rotatable bonds is 3.